The Balaban J connectivity index is 1.50. The van der Waals surface area contributed by atoms with Gasteiger partial charge in [0.2, 0.25) is 0 Å². The van der Waals surface area contributed by atoms with Crippen molar-refractivity contribution in [3.8, 4) is 17.0 Å². The molecular weight excluding hydrogens is 422 g/mol. The van der Waals surface area contributed by atoms with Crippen molar-refractivity contribution in [1.82, 2.24) is 15.0 Å². The molecule has 1 aliphatic heterocycles. The lowest BCUT2D eigenvalue weighted by atomic mass is 9.74. The molecule has 0 unspecified atom stereocenters. The maximum absolute atomic E-state index is 13.0. The van der Waals surface area contributed by atoms with Crippen LogP contribution in [0.3, 0.4) is 0 Å². The van der Waals surface area contributed by atoms with Gasteiger partial charge >= 0.3 is 5.97 Å². The summed E-state index contributed by atoms with van der Waals surface area (Å²) in [5, 5.41) is 4.19. The monoisotopic (exact) mass is 449 g/mol. The number of likely N-dealkylation sites (tertiary alicyclic amines) is 1. The van der Waals surface area contributed by atoms with Crippen molar-refractivity contribution < 1.29 is 23.6 Å². The van der Waals surface area contributed by atoms with Crippen LogP contribution < -0.4 is 4.74 Å². The number of hydrogen-bond donors (Lipinski definition) is 0. The van der Waals surface area contributed by atoms with Gasteiger partial charge < -0.3 is 18.9 Å². The topological polar surface area (TPSA) is 94.8 Å². The van der Waals surface area contributed by atoms with Gasteiger partial charge in [-0.1, -0.05) is 11.2 Å². The van der Waals surface area contributed by atoms with Gasteiger partial charge in [-0.25, -0.2) is 0 Å². The molecule has 0 saturated carbocycles. The smallest absolute Gasteiger partial charge is 0.312 e. The standard InChI is InChI=1S/C25H27N3O5/c1-3-32-24(30)25(11-14-28(15-12-25)23(29)21-6-4-5-13-26-21)17-20-16-22(27-33-20)18-7-9-19(31-2)10-8-18/h4-10,13,16H,3,11-12,14-15,17H2,1-2H3. The Kier molecular flexibility index (Phi) is 6.72. The Bertz CT molecular complexity index is 1090. The number of carbonyl (C=O) groups excluding carboxylic acids is 2. The number of ether oxygens (including phenoxy) is 2. The number of aromatic nitrogens is 2. The zero-order chi connectivity index (χ0) is 23.3. The molecule has 0 N–H and O–H groups in total. The Labute approximate surface area is 192 Å². The number of nitrogens with zero attached hydrogens (tertiary/aromatic N) is 3. The molecule has 1 aromatic carbocycles. The minimum absolute atomic E-state index is 0.130. The molecule has 3 heterocycles. The van der Waals surface area contributed by atoms with Crippen LogP contribution in [0.4, 0.5) is 0 Å². The van der Waals surface area contributed by atoms with Crippen LogP contribution in [-0.2, 0) is 16.0 Å². The summed E-state index contributed by atoms with van der Waals surface area (Å²) >= 11 is 0. The Morgan fingerprint density at radius 1 is 1.12 bits per heavy atom. The average Bonchev–Trinajstić information content (AvgIpc) is 3.33. The van der Waals surface area contributed by atoms with Crippen molar-refractivity contribution in [3.63, 3.8) is 0 Å². The van der Waals surface area contributed by atoms with Gasteiger partial charge in [0.05, 0.1) is 19.1 Å². The first kappa shape index (κ1) is 22.5. The molecule has 172 valence electrons. The Morgan fingerprint density at radius 2 is 1.88 bits per heavy atom. The SMILES string of the molecule is CCOC(=O)C1(Cc2cc(-c3ccc(OC)cc3)no2)CCN(C(=O)c2ccccn2)CC1. The molecular formula is C25H27N3O5. The van der Waals surface area contributed by atoms with E-state index in [1.54, 1.807) is 43.3 Å². The molecule has 0 spiro atoms. The third-order valence-electron chi connectivity index (χ3n) is 6.06. The van der Waals surface area contributed by atoms with Crippen LogP contribution in [0.2, 0.25) is 0 Å². The highest BCUT2D eigenvalue weighted by Crippen LogP contribution is 2.38. The van der Waals surface area contributed by atoms with Crippen molar-refractivity contribution in [1.29, 1.82) is 0 Å². The summed E-state index contributed by atoms with van der Waals surface area (Å²) < 4.78 is 16.2. The van der Waals surface area contributed by atoms with Gasteiger partial charge in [0.1, 0.15) is 22.9 Å². The van der Waals surface area contributed by atoms with Crippen LogP contribution in [0.5, 0.6) is 5.75 Å². The number of piperidine rings is 1. The van der Waals surface area contributed by atoms with E-state index < -0.39 is 5.41 Å². The number of carbonyl (C=O) groups is 2. The van der Waals surface area contributed by atoms with Crippen LogP contribution in [0.25, 0.3) is 11.3 Å². The number of pyridine rings is 1. The van der Waals surface area contributed by atoms with Crippen molar-refractivity contribution in [2.24, 2.45) is 5.41 Å². The molecule has 1 saturated heterocycles. The van der Waals surface area contributed by atoms with Gasteiger partial charge in [-0.05, 0) is 56.2 Å². The fourth-order valence-corrected chi connectivity index (χ4v) is 4.15. The zero-order valence-corrected chi connectivity index (χ0v) is 18.8. The highest BCUT2D eigenvalue weighted by molar-refractivity contribution is 5.92. The normalized spacial score (nSPS) is 15.2. The van der Waals surface area contributed by atoms with Crippen molar-refractivity contribution >= 4 is 11.9 Å². The first-order valence-electron chi connectivity index (χ1n) is 11.0. The van der Waals surface area contributed by atoms with Crippen LogP contribution >= 0.6 is 0 Å². The molecule has 8 heteroatoms. The van der Waals surface area contributed by atoms with E-state index in [2.05, 4.69) is 10.1 Å². The lowest BCUT2D eigenvalue weighted by Gasteiger charge is -2.39. The summed E-state index contributed by atoms with van der Waals surface area (Å²) in [6, 6.07) is 14.6. The largest absolute Gasteiger partial charge is 0.497 e. The van der Waals surface area contributed by atoms with Crippen LogP contribution in [0.1, 0.15) is 36.0 Å². The van der Waals surface area contributed by atoms with Crippen LogP contribution in [-0.4, -0.2) is 53.7 Å². The second kappa shape index (κ2) is 9.85. The minimum atomic E-state index is -0.770. The van der Waals surface area contributed by atoms with E-state index in [0.717, 1.165) is 11.3 Å². The van der Waals surface area contributed by atoms with E-state index >= 15 is 0 Å². The number of hydrogen-bond acceptors (Lipinski definition) is 7. The summed E-state index contributed by atoms with van der Waals surface area (Å²) in [6.07, 6.45) is 2.91. The number of amides is 1. The molecule has 1 fully saturated rings. The lowest BCUT2D eigenvalue weighted by Crippen LogP contribution is -2.48. The van der Waals surface area contributed by atoms with Gasteiger partial charge in [-0.2, -0.15) is 0 Å². The van der Waals surface area contributed by atoms with E-state index in [-0.39, 0.29) is 11.9 Å². The molecule has 4 rings (SSSR count). The Morgan fingerprint density at radius 3 is 2.52 bits per heavy atom. The predicted molar refractivity (Wildman–Crippen MR) is 121 cm³/mol. The second-order valence-electron chi connectivity index (χ2n) is 8.09. The first-order valence-corrected chi connectivity index (χ1v) is 11.0. The maximum atomic E-state index is 13.0. The molecule has 0 radical (unpaired) electrons. The summed E-state index contributed by atoms with van der Waals surface area (Å²) in [6.45, 7) is 2.97. The average molecular weight is 450 g/mol. The van der Waals surface area contributed by atoms with Crippen molar-refractivity contribution in [2.45, 2.75) is 26.2 Å². The van der Waals surface area contributed by atoms with Gasteiger partial charge in [0.15, 0.2) is 0 Å². The molecule has 0 atom stereocenters. The molecule has 0 bridgehead atoms. The van der Waals surface area contributed by atoms with Gasteiger partial charge in [-0.3, -0.25) is 14.6 Å². The highest BCUT2D eigenvalue weighted by Gasteiger charge is 2.44. The van der Waals surface area contributed by atoms with E-state index in [1.807, 2.05) is 30.3 Å². The fourth-order valence-electron chi connectivity index (χ4n) is 4.15. The van der Waals surface area contributed by atoms with E-state index in [0.29, 0.717) is 56.1 Å². The van der Waals surface area contributed by atoms with E-state index in [4.69, 9.17) is 14.0 Å². The third-order valence-corrected chi connectivity index (χ3v) is 6.06. The molecule has 2 aromatic heterocycles. The van der Waals surface area contributed by atoms with E-state index in [9.17, 15) is 9.59 Å². The number of rotatable bonds is 7. The summed E-state index contributed by atoms with van der Waals surface area (Å²) in [7, 11) is 1.62. The van der Waals surface area contributed by atoms with Crippen LogP contribution in [0, 0.1) is 5.41 Å². The van der Waals surface area contributed by atoms with Gasteiger partial charge in [0.25, 0.3) is 5.91 Å². The third kappa shape index (κ3) is 4.89. The quantitative estimate of drug-likeness (QED) is 0.507. The fraction of sp³-hybridized carbons (Fsp3) is 0.360. The zero-order valence-electron chi connectivity index (χ0n) is 18.8. The molecule has 3 aromatic rings. The Hall–Kier alpha value is -3.68. The summed E-state index contributed by atoms with van der Waals surface area (Å²) in [5.41, 5.74) is 1.22. The highest BCUT2D eigenvalue weighted by atomic mass is 16.5. The van der Waals surface area contributed by atoms with Gasteiger partial charge in [0, 0.05) is 37.3 Å². The second-order valence-corrected chi connectivity index (χ2v) is 8.09. The minimum Gasteiger partial charge on any atom is -0.497 e. The lowest BCUT2D eigenvalue weighted by molar-refractivity contribution is -0.158. The maximum Gasteiger partial charge on any atom is 0.312 e. The summed E-state index contributed by atoms with van der Waals surface area (Å²) in [5.74, 6) is 0.973. The van der Waals surface area contributed by atoms with Crippen molar-refractivity contribution in [3.05, 3.63) is 66.2 Å². The number of methoxy groups -OCH3 is 1. The number of benzene rings is 1. The first-order chi connectivity index (χ1) is 16.0. The molecule has 1 amide bonds. The molecule has 33 heavy (non-hydrogen) atoms. The number of esters is 1. The summed E-state index contributed by atoms with van der Waals surface area (Å²) in [4.78, 5) is 31.7. The van der Waals surface area contributed by atoms with Crippen LogP contribution in [0.15, 0.2) is 59.3 Å². The predicted octanol–water partition coefficient (Wildman–Crippen LogP) is 3.77. The molecule has 8 nitrogen and oxygen atoms in total. The van der Waals surface area contributed by atoms with E-state index in [1.165, 1.54) is 0 Å². The molecule has 1 aliphatic rings. The van der Waals surface area contributed by atoms with Gasteiger partial charge in [-0.15, -0.1) is 0 Å². The molecule has 0 aliphatic carbocycles. The van der Waals surface area contributed by atoms with Crippen molar-refractivity contribution in [2.75, 3.05) is 26.8 Å².